The summed E-state index contributed by atoms with van der Waals surface area (Å²) < 4.78 is 0. The van der Waals surface area contributed by atoms with Crippen molar-refractivity contribution < 1.29 is 19.5 Å². The first-order chi connectivity index (χ1) is 8.00. The van der Waals surface area contributed by atoms with Gasteiger partial charge in [-0.25, -0.2) is 0 Å². The van der Waals surface area contributed by atoms with Crippen molar-refractivity contribution in [3.63, 3.8) is 0 Å². The van der Waals surface area contributed by atoms with Gasteiger partial charge in [-0.2, -0.15) is 0 Å². The molecule has 1 aromatic rings. The number of rotatable bonds is 4. The van der Waals surface area contributed by atoms with Crippen LogP contribution in [0.25, 0.3) is 0 Å². The van der Waals surface area contributed by atoms with E-state index in [-0.39, 0.29) is 11.5 Å². The lowest BCUT2D eigenvalue weighted by atomic mass is 10.1. The Labute approximate surface area is 97.6 Å². The second kappa shape index (κ2) is 5.64. The fraction of sp³-hybridized carbons (Fsp3) is 0.182. The molecule has 17 heavy (non-hydrogen) atoms. The molecule has 6 heteroatoms. The van der Waals surface area contributed by atoms with Gasteiger partial charge >= 0.3 is 5.97 Å². The van der Waals surface area contributed by atoms with Crippen LogP contribution < -0.4 is 10.6 Å². The van der Waals surface area contributed by atoms with Gasteiger partial charge in [0.2, 0.25) is 5.91 Å². The molecule has 0 atom stereocenters. The Balaban J connectivity index is 2.85. The second-order valence-corrected chi connectivity index (χ2v) is 3.30. The number of benzene rings is 1. The van der Waals surface area contributed by atoms with E-state index in [1.54, 1.807) is 18.2 Å². The molecule has 0 saturated heterocycles. The lowest BCUT2D eigenvalue weighted by Crippen LogP contribution is -2.30. The first kappa shape index (κ1) is 12.7. The highest BCUT2D eigenvalue weighted by Gasteiger charge is 2.12. The molecule has 0 saturated carbocycles. The molecule has 3 N–H and O–H groups in total. The summed E-state index contributed by atoms with van der Waals surface area (Å²) in [6.07, 6.45) is 0. The predicted molar refractivity (Wildman–Crippen MR) is 60.7 cm³/mol. The molecule has 0 fully saturated rings. The Morgan fingerprint density at radius 3 is 2.47 bits per heavy atom. The first-order valence-corrected chi connectivity index (χ1v) is 4.87. The Morgan fingerprint density at radius 1 is 1.24 bits per heavy atom. The molecular formula is C11H12N2O4. The number of hydrogen-bond acceptors (Lipinski definition) is 3. The van der Waals surface area contributed by atoms with Crippen molar-refractivity contribution in [1.82, 2.24) is 5.32 Å². The highest BCUT2D eigenvalue weighted by atomic mass is 16.4. The SMILES string of the molecule is CC(=O)Nc1ccccc1C(=O)NCC(=O)O. The summed E-state index contributed by atoms with van der Waals surface area (Å²) in [5.74, 6) is -1.98. The third-order valence-electron chi connectivity index (χ3n) is 1.88. The van der Waals surface area contributed by atoms with E-state index in [9.17, 15) is 14.4 Å². The Morgan fingerprint density at radius 2 is 1.88 bits per heavy atom. The number of anilines is 1. The van der Waals surface area contributed by atoms with Gasteiger partial charge < -0.3 is 15.7 Å². The molecule has 0 aliphatic heterocycles. The van der Waals surface area contributed by atoms with Gasteiger partial charge in [-0.3, -0.25) is 14.4 Å². The normalized spacial score (nSPS) is 9.47. The van der Waals surface area contributed by atoms with Gasteiger partial charge in [0, 0.05) is 6.92 Å². The Bertz CT molecular complexity index is 457. The van der Waals surface area contributed by atoms with Crippen LogP contribution in [0.5, 0.6) is 0 Å². The molecular weight excluding hydrogens is 224 g/mol. The lowest BCUT2D eigenvalue weighted by molar-refractivity contribution is -0.135. The molecule has 2 amide bonds. The monoisotopic (exact) mass is 236 g/mol. The molecule has 1 aromatic carbocycles. The number of carbonyl (C=O) groups excluding carboxylic acids is 2. The van der Waals surface area contributed by atoms with E-state index in [1.165, 1.54) is 13.0 Å². The third kappa shape index (κ3) is 3.94. The smallest absolute Gasteiger partial charge is 0.322 e. The van der Waals surface area contributed by atoms with Crippen LogP contribution in [-0.2, 0) is 9.59 Å². The number of carboxylic acid groups (broad SMARTS) is 1. The van der Waals surface area contributed by atoms with Crippen molar-refractivity contribution in [3.05, 3.63) is 29.8 Å². The van der Waals surface area contributed by atoms with Crippen molar-refractivity contribution in [1.29, 1.82) is 0 Å². The largest absolute Gasteiger partial charge is 0.480 e. The van der Waals surface area contributed by atoms with Gasteiger partial charge in [-0.1, -0.05) is 12.1 Å². The van der Waals surface area contributed by atoms with E-state index in [4.69, 9.17) is 5.11 Å². The number of nitrogens with one attached hydrogen (secondary N) is 2. The fourth-order valence-electron chi connectivity index (χ4n) is 1.23. The zero-order chi connectivity index (χ0) is 12.8. The molecule has 0 unspecified atom stereocenters. The van der Waals surface area contributed by atoms with Crippen molar-refractivity contribution in [3.8, 4) is 0 Å². The molecule has 0 aliphatic carbocycles. The number of carbonyl (C=O) groups is 3. The number of aliphatic carboxylic acids is 1. The third-order valence-corrected chi connectivity index (χ3v) is 1.88. The van der Waals surface area contributed by atoms with E-state index < -0.39 is 18.4 Å². The maximum atomic E-state index is 11.6. The highest BCUT2D eigenvalue weighted by Crippen LogP contribution is 2.14. The summed E-state index contributed by atoms with van der Waals surface area (Å²) in [6, 6.07) is 6.36. The Hall–Kier alpha value is -2.37. The Kier molecular flexibility index (Phi) is 4.21. The van der Waals surface area contributed by atoms with Crippen LogP contribution >= 0.6 is 0 Å². The summed E-state index contributed by atoms with van der Waals surface area (Å²) in [4.78, 5) is 32.9. The van der Waals surface area contributed by atoms with E-state index in [1.807, 2.05) is 0 Å². The quantitative estimate of drug-likeness (QED) is 0.707. The first-order valence-electron chi connectivity index (χ1n) is 4.87. The van der Waals surface area contributed by atoms with Gasteiger partial charge in [-0.05, 0) is 12.1 Å². The zero-order valence-electron chi connectivity index (χ0n) is 9.19. The van der Waals surface area contributed by atoms with Crippen LogP contribution in [0.4, 0.5) is 5.69 Å². The topological polar surface area (TPSA) is 95.5 Å². The molecule has 6 nitrogen and oxygen atoms in total. The van der Waals surface area contributed by atoms with Crippen LogP contribution in [0.1, 0.15) is 17.3 Å². The van der Waals surface area contributed by atoms with Crippen LogP contribution in [0.15, 0.2) is 24.3 Å². The van der Waals surface area contributed by atoms with Crippen LogP contribution in [0.2, 0.25) is 0 Å². The molecule has 0 aromatic heterocycles. The van der Waals surface area contributed by atoms with Gasteiger partial charge in [0.05, 0.1) is 11.3 Å². The van der Waals surface area contributed by atoms with Crippen molar-refractivity contribution in [2.24, 2.45) is 0 Å². The summed E-state index contributed by atoms with van der Waals surface area (Å²) >= 11 is 0. The van der Waals surface area contributed by atoms with Crippen molar-refractivity contribution >= 4 is 23.5 Å². The fourth-order valence-corrected chi connectivity index (χ4v) is 1.23. The number of carboxylic acids is 1. The van der Waals surface area contributed by atoms with E-state index in [2.05, 4.69) is 10.6 Å². The van der Waals surface area contributed by atoms with Gasteiger partial charge in [0.15, 0.2) is 0 Å². The molecule has 90 valence electrons. The number of para-hydroxylation sites is 1. The number of hydrogen-bond donors (Lipinski definition) is 3. The van der Waals surface area contributed by atoms with Crippen molar-refractivity contribution in [2.75, 3.05) is 11.9 Å². The molecule has 1 rings (SSSR count). The minimum absolute atomic E-state index is 0.226. The van der Waals surface area contributed by atoms with Gasteiger partial charge in [-0.15, -0.1) is 0 Å². The van der Waals surface area contributed by atoms with E-state index >= 15 is 0 Å². The molecule has 0 spiro atoms. The average Bonchev–Trinajstić information content (AvgIpc) is 2.25. The van der Waals surface area contributed by atoms with Crippen molar-refractivity contribution in [2.45, 2.75) is 6.92 Å². The standard InChI is InChI=1S/C11H12N2O4/c1-7(14)13-9-5-3-2-4-8(9)11(17)12-6-10(15)16/h2-5H,6H2,1H3,(H,12,17)(H,13,14)(H,15,16). The summed E-state index contributed by atoms with van der Waals surface area (Å²) in [5.41, 5.74) is 0.576. The van der Waals surface area contributed by atoms with E-state index in [0.29, 0.717) is 5.69 Å². The van der Waals surface area contributed by atoms with Gasteiger partial charge in [0.1, 0.15) is 6.54 Å². The molecule has 0 radical (unpaired) electrons. The maximum Gasteiger partial charge on any atom is 0.322 e. The summed E-state index contributed by atoms with van der Waals surface area (Å²) in [7, 11) is 0. The average molecular weight is 236 g/mol. The second-order valence-electron chi connectivity index (χ2n) is 3.30. The molecule has 0 heterocycles. The summed E-state index contributed by atoms with van der Waals surface area (Å²) in [6.45, 7) is 0.860. The highest BCUT2D eigenvalue weighted by molar-refractivity contribution is 6.04. The zero-order valence-corrected chi connectivity index (χ0v) is 9.19. The van der Waals surface area contributed by atoms with Gasteiger partial charge in [0.25, 0.3) is 5.91 Å². The minimum Gasteiger partial charge on any atom is -0.480 e. The summed E-state index contributed by atoms with van der Waals surface area (Å²) in [5, 5.41) is 13.2. The molecule has 0 aliphatic rings. The van der Waals surface area contributed by atoms with Crippen LogP contribution in [-0.4, -0.2) is 29.4 Å². The van der Waals surface area contributed by atoms with Crippen LogP contribution in [0.3, 0.4) is 0 Å². The van der Waals surface area contributed by atoms with E-state index in [0.717, 1.165) is 0 Å². The molecule has 0 bridgehead atoms. The predicted octanol–water partition coefficient (Wildman–Crippen LogP) is 0.459. The minimum atomic E-state index is -1.13. The van der Waals surface area contributed by atoms with Crippen LogP contribution in [0, 0.1) is 0 Å². The maximum absolute atomic E-state index is 11.6. The number of amides is 2. The lowest BCUT2D eigenvalue weighted by Gasteiger charge is -2.09.